The van der Waals surface area contributed by atoms with E-state index in [0.717, 1.165) is 12.8 Å². The zero-order valence-electron chi connectivity index (χ0n) is 7.25. The van der Waals surface area contributed by atoms with E-state index in [1.54, 1.807) is 0 Å². The lowest BCUT2D eigenvalue weighted by Gasteiger charge is -2.11. The van der Waals surface area contributed by atoms with Crippen molar-refractivity contribution in [3.8, 4) is 0 Å². The van der Waals surface area contributed by atoms with Crippen LogP contribution in [0.3, 0.4) is 0 Å². The predicted molar refractivity (Wildman–Crippen MR) is 45.9 cm³/mol. The smallest absolute Gasteiger partial charge is 0.390 e. The third-order valence-electron chi connectivity index (χ3n) is 1.91. The number of hydrogen-bond donors (Lipinski definition) is 3. The lowest BCUT2D eigenvalue weighted by Crippen LogP contribution is -2.34. The highest BCUT2D eigenvalue weighted by atomic mass is 28.4. The standard InChI is InChI=1S/C7H18O3Si/c1-3-7(2)5-4-6-11(8,9)10/h7-10H,3-6H2,1-2H3. The van der Waals surface area contributed by atoms with Gasteiger partial charge in [-0.2, -0.15) is 0 Å². The van der Waals surface area contributed by atoms with E-state index in [1.165, 1.54) is 0 Å². The van der Waals surface area contributed by atoms with Crippen molar-refractivity contribution in [1.82, 2.24) is 0 Å². The SMILES string of the molecule is CCC(C)CCC[Si](O)(O)O. The van der Waals surface area contributed by atoms with Gasteiger partial charge in [0, 0.05) is 6.04 Å². The third kappa shape index (κ3) is 8.00. The Labute approximate surface area is 69.1 Å². The predicted octanol–water partition coefficient (Wildman–Crippen LogP) is 0.728. The van der Waals surface area contributed by atoms with E-state index in [0.29, 0.717) is 12.3 Å². The second-order valence-electron chi connectivity index (χ2n) is 3.18. The molecule has 0 saturated heterocycles. The summed E-state index contributed by atoms with van der Waals surface area (Å²) in [7, 11) is -3.74. The second-order valence-corrected chi connectivity index (χ2v) is 5.23. The van der Waals surface area contributed by atoms with Crippen LogP contribution in [0.5, 0.6) is 0 Å². The van der Waals surface area contributed by atoms with Crippen molar-refractivity contribution in [1.29, 1.82) is 0 Å². The molecule has 1 unspecified atom stereocenters. The highest BCUT2D eigenvalue weighted by Gasteiger charge is 2.25. The molecule has 11 heavy (non-hydrogen) atoms. The molecule has 0 radical (unpaired) electrons. The van der Waals surface area contributed by atoms with Gasteiger partial charge < -0.3 is 14.4 Å². The van der Waals surface area contributed by atoms with E-state index >= 15 is 0 Å². The van der Waals surface area contributed by atoms with Crippen molar-refractivity contribution < 1.29 is 14.4 Å². The van der Waals surface area contributed by atoms with Crippen LogP contribution in [0.25, 0.3) is 0 Å². The molecule has 0 heterocycles. The maximum Gasteiger partial charge on any atom is 0.492 e. The van der Waals surface area contributed by atoms with Crippen LogP contribution >= 0.6 is 0 Å². The van der Waals surface area contributed by atoms with Crippen molar-refractivity contribution in [2.24, 2.45) is 5.92 Å². The maximum absolute atomic E-state index is 8.65. The zero-order chi connectivity index (χ0) is 8.91. The molecular formula is C7H18O3Si. The minimum atomic E-state index is -3.74. The molecule has 0 saturated carbocycles. The first-order valence-corrected chi connectivity index (χ1v) is 6.17. The van der Waals surface area contributed by atoms with Gasteiger partial charge >= 0.3 is 8.80 Å². The average molecular weight is 178 g/mol. The Morgan fingerprint density at radius 1 is 1.27 bits per heavy atom. The van der Waals surface area contributed by atoms with E-state index in [4.69, 9.17) is 14.4 Å². The fourth-order valence-corrected chi connectivity index (χ4v) is 1.57. The molecule has 0 rings (SSSR count). The molecule has 0 aliphatic rings. The van der Waals surface area contributed by atoms with Crippen LogP contribution in [-0.2, 0) is 0 Å². The van der Waals surface area contributed by atoms with Crippen LogP contribution in [0.1, 0.15) is 33.1 Å². The van der Waals surface area contributed by atoms with Crippen LogP contribution in [0.2, 0.25) is 6.04 Å². The molecule has 0 spiro atoms. The van der Waals surface area contributed by atoms with Gasteiger partial charge in [0.15, 0.2) is 0 Å². The fourth-order valence-electron chi connectivity index (χ4n) is 0.892. The van der Waals surface area contributed by atoms with Crippen LogP contribution in [0.15, 0.2) is 0 Å². The van der Waals surface area contributed by atoms with Crippen LogP contribution < -0.4 is 0 Å². The Bertz CT molecular complexity index is 100. The molecule has 3 N–H and O–H groups in total. The van der Waals surface area contributed by atoms with E-state index < -0.39 is 8.80 Å². The van der Waals surface area contributed by atoms with E-state index in [1.807, 2.05) is 0 Å². The van der Waals surface area contributed by atoms with E-state index in [-0.39, 0.29) is 6.04 Å². The molecule has 0 aliphatic heterocycles. The molecule has 0 fully saturated rings. The van der Waals surface area contributed by atoms with Gasteiger partial charge in [-0.3, -0.25) is 0 Å². The Kier molecular flexibility index (Phi) is 4.91. The Morgan fingerprint density at radius 2 is 1.82 bits per heavy atom. The molecule has 68 valence electrons. The highest BCUT2D eigenvalue weighted by molar-refractivity contribution is 6.56. The number of rotatable bonds is 5. The molecule has 1 atom stereocenters. The monoisotopic (exact) mass is 178 g/mol. The van der Waals surface area contributed by atoms with Gasteiger partial charge in [-0.25, -0.2) is 0 Å². The molecule has 4 heteroatoms. The van der Waals surface area contributed by atoms with Gasteiger partial charge in [-0.15, -0.1) is 0 Å². The van der Waals surface area contributed by atoms with Crippen LogP contribution in [0.4, 0.5) is 0 Å². The van der Waals surface area contributed by atoms with E-state index in [9.17, 15) is 0 Å². The lowest BCUT2D eigenvalue weighted by atomic mass is 10.0. The van der Waals surface area contributed by atoms with Crippen molar-refractivity contribution >= 4 is 8.80 Å². The normalized spacial score (nSPS) is 15.0. The van der Waals surface area contributed by atoms with Gasteiger partial charge in [-0.1, -0.05) is 26.7 Å². The Morgan fingerprint density at radius 3 is 2.18 bits per heavy atom. The van der Waals surface area contributed by atoms with Gasteiger partial charge in [-0.05, 0) is 12.3 Å². The topological polar surface area (TPSA) is 60.7 Å². The maximum atomic E-state index is 8.65. The fraction of sp³-hybridized carbons (Fsp3) is 1.00. The van der Waals surface area contributed by atoms with Gasteiger partial charge in [0.25, 0.3) is 0 Å². The van der Waals surface area contributed by atoms with Crippen molar-refractivity contribution in [3.63, 3.8) is 0 Å². The molecule has 0 aromatic heterocycles. The first-order chi connectivity index (χ1) is 4.95. The van der Waals surface area contributed by atoms with Crippen molar-refractivity contribution in [3.05, 3.63) is 0 Å². The number of hydrogen-bond acceptors (Lipinski definition) is 3. The summed E-state index contributed by atoms with van der Waals surface area (Å²) in [6.45, 7) is 4.22. The zero-order valence-corrected chi connectivity index (χ0v) is 8.25. The summed E-state index contributed by atoms with van der Waals surface area (Å²) in [5.74, 6) is 0.617. The Hall–Kier alpha value is 0.0969. The summed E-state index contributed by atoms with van der Waals surface area (Å²) in [4.78, 5) is 26.0. The van der Waals surface area contributed by atoms with Crippen LogP contribution in [-0.4, -0.2) is 23.2 Å². The molecule has 0 amide bonds. The first-order valence-electron chi connectivity index (χ1n) is 4.13. The summed E-state index contributed by atoms with van der Waals surface area (Å²) in [5.41, 5.74) is 0. The van der Waals surface area contributed by atoms with Gasteiger partial charge in [0.2, 0.25) is 0 Å². The lowest BCUT2D eigenvalue weighted by molar-refractivity contribution is 0.225. The summed E-state index contributed by atoms with van der Waals surface area (Å²) in [6, 6.07) is 0.178. The van der Waals surface area contributed by atoms with Crippen molar-refractivity contribution in [2.45, 2.75) is 39.2 Å². The quantitative estimate of drug-likeness (QED) is 0.544. The molecule has 0 bridgehead atoms. The van der Waals surface area contributed by atoms with Crippen molar-refractivity contribution in [2.75, 3.05) is 0 Å². The highest BCUT2D eigenvalue weighted by Crippen LogP contribution is 2.13. The molecule has 3 nitrogen and oxygen atoms in total. The molecular weight excluding hydrogens is 160 g/mol. The molecule has 0 aliphatic carbocycles. The average Bonchev–Trinajstić information content (AvgIpc) is 1.85. The minimum Gasteiger partial charge on any atom is -0.390 e. The minimum absolute atomic E-state index is 0.178. The molecule has 0 aromatic rings. The third-order valence-corrected chi connectivity index (χ3v) is 2.93. The second kappa shape index (κ2) is 4.87. The Balaban J connectivity index is 3.28. The summed E-state index contributed by atoms with van der Waals surface area (Å²) in [5, 5.41) is 0. The van der Waals surface area contributed by atoms with E-state index in [2.05, 4.69) is 13.8 Å². The van der Waals surface area contributed by atoms with Gasteiger partial charge in [0.05, 0.1) is 0 Å². The summed E-state index contributed by atoms with van der Waals surface area (Å²) >= 11 is 0. The van der Waals surface area contributed by atoms with Crippen LogP contribution in [0, 0.1) is 5.92 Å². The molecule has 0 aromatic carbocycles. The first kappa shape index (κ1) is 11.1. The summed E-state index contributed by atoms with van der Waals surface area (Å²) in [6.07, 6.45) is 2.79. The van der Waals surface area contributed by atoms with Gasteiger partial charge in [0.1, 0.15) is 0 Å². The summed E-state index contributed by atoms with van der Waals surface area (Å²) < 4.78 is 0. The largest absolute Gasteiger partial charge is 0.492 e.